The van der Waals surface area contributed by atoms with Gasteiger partial charge in [-0.05, 0) is 0 Å². The lowest BCUT2D eigenvalue weighted by molar-refractivity contribution is 0.0665. The number of hydrogen-bond donors (Lipinski definition) is 0. The summed E-state index contributed by atoms with van der Waals surface area (Å²) in [4.78, 5) is 8.08. The standard InChI is InChI=1S/C13H11F2N5/c14-13(15)20-7-6-16-11(20)8-19-9-17-12(18-19)10-4-2-1-3-5-10/h1-7,9,13H,8H2. The average Bonchev–Trinajstić information content (AvgIpc) is 3.09. The highest BCUT2D eigenvalue weighted by Gasteiger charge is 2.12. The average molecular weight is 275 g/mol. The van der Waals surface area contributed by atoms with Crippen LogP contribution in [0.5, 0.6) is 0 Å². The molecule has 0 saturated carbocycles. The second-order valence-corrected chi connectivity index (χ2v) is 4.16. The van der Waals surface area contributed by atoms with Gasteiger partial charge in [0, 0.05) is 18.0 Å². The lowest BCUT2D eigenvalue weighted by Gasteiger charge is -2.05. The van der Waals surface area contributed by atoms with Gasteiger partial charge in [-0.25, -0.2) is 14.6 Å². The van der Waals surface area contributed by atoms with Crippen LogP contribution in [0.3, 0.4) is 0 Å². The van der Waals surface area contributed by atoms with Gasteiger partial charge in [0.05, 0.1) is 0 Å². The molecule has 0 bridgehead atoms. The molecule has 0 atom stereocenters. The molecule has 0 saturated heterocycles. The Bertz CT molecular complexity index is 690. The summed E-state index contributed by atoms with van der Waals surface area (Å²) in [6.07, 6.45) is 4.10. The molecule has 0 fully saturated rings. The van der Waals surface area contributed by atoms with Crippen LogP contribution in [-0.4, -0.2) is 24.3 Å². The second kappa shape index (κ2) is 5.20. The summed E-state index contributed by atoms with van der Waals surface area (Å²) in [6, 6.07) is 9.46. The van der Waals surface area contributed by atoms with Gasteiger partial charge in [-0.15, -0.1) is 0 Å². The number of benzene rings is 1. The third kappa shape index (κ3) is 2.42. The molecular weight excluding hydrogens is 264 g/mol. The molecule has 0 unspecified atom stereocenters. The first-order valence-electron chi connectivity index (χ1n) is 5.99. The third-order valence-electron chi connectivity index (χ3n) is 2.83. The molecule has 0 amide bonds. The smallest absolute Gasteiger partial charge is 0.276 e. The van der Waals surface area contributed by atoms with E-state index in [2.05, 4.69) is 15.1 Å². The number of halogens is 2. The van der Waals surface area contributed by atoms with Gasteiger partial charge in [0.2, 0.25) is 0 Å². The van der Waals surface area contributed by atoms with E-state index in [0.717, 1.165) is 10.1 Å². The van der Waals surface area contributed by atoms with E-state index in [0.29, 0.717) is 5.82 Å². The van der Waals surface area contributed by atoms with Crippen molar-refractivity contribution in [2.75, 3.05) is 0 Å². The summed E-state index contributed by atoms with van der Waals surface area (Å²) in [7, 11) is 0. The maximum absolute atomic E-state index is 12.7. The van der Waals surface area contributed by atoms with Crippen molar-refractivity contribution in [3.8, 4) is 11.4 Å². The van der Waals surface area contributed by atoms with E-state index >= 15 is 0 Å². The molecule has 2 aromatic heterocycles. The molecule has 3 aromatic rings. The molecule has 0 aliphatic heterocycles. The fraction of sp³-hybridized carbons (Fsp3) is 0.154. The van der Waals surface area contributed by atoms with Gasteiger partial charge >= 0.3 is 6.55 Å². The highest BCUT2D eigenvalue weighted by molar-refractivity contribution is 5.53. The Kier molecular flexibility index (Phi) is 3.24. The van der Waals surface area contributed by atoms with Crippen molar-refractivity contribution < 1.29 is 8.78 Å². The molecule has 0 N–H and O–H groups in total. The number of imidazole rings is 1. The van der Waals surface area contributed by atoms with Gasteiger partial charge in [0.25, 0.3) is 0 Å². The third-order valence-corrected chi connectivity index (χ3v) is 2.83. The number of aromatic nitrogens is 5. The van der Waals surface area contributed by atoms with Crippen molar-refractivity contribution in [2.24, 2.45) is 0 Å². The summed E-state index contributed by atoms with van der Waals surface area (Å²) in [5.74, 6) is 0.797. The van der Waals surface area contributed by atoms with Gasteiger partial charge in [0.1, 0.15) is 18.7 Å². The van der Waals surface area contributed by atoms with Crippen LogP contribution in [0.15, 0.2) is 49.1 Å². The summed E-state index contributed by atoms with van der Waals surface area (Å²) in [5.41, 5.74) is 0.878. The molecule has 0 radical (unpaired) electrons. The van der Waals surface area contributed by atoms with E-state index in [1.165, 1.54) is 23.4 Å². The highest BCUT2D eigenvalue weighted by Crippen LogP contribution is 2.15. The quantitative estimate of drug-likeness (QED) is 0.735. The highest BCUT2D eigenvalue weighted by atomic mass is 19.3. The van der Waals surface area contributed by atoms with E-state index in [1.807, 2.05) is 30.3 Å². The minimum Gasteiger partial charge on any atom is -0.276 e. The Labute approximate surface area is 113 Å². The minimum atomic E-state index is -2.61. The predicted molar refractivity (Wildman–Crippen MR) is 68.0 cm³/mol. The number of hydrogen-bond acceptors (Lipinski definition) is 3. The van der Waals surface area contributed by atoms with Crippen LogP contribution in [-0.2, 0) is 6.54 Å². The molecule has 5 nitrogen and oxygen atoms in total. The van der Waals surface area contributed by atoms with E-state index < -0.39 is 6.55 Å². The number of alkyl halides is 2. The molecule has 0 aliphatic rings. The van der Waals surface area contributed by atoms with Crippen molar-refractivity contribution in [1.29, 1.82) is 0 Å². The van der Waals surface area contributed by atoms with E-state index in [9.17, 15) is 8.78 Å². The van der Waals surface area contributed by atoms with Crippen molar-refractivity contribution >= 4 is 0 Å². The summed E-state index contributed by atoms with van der Waals surface area (Å²) < 4.78 is 27.7. The molecule has 7 heteroatoms. The topological polar surface area (TPSA) is 48.5 Å². The number of nitrogens with zero attached hydrogens (tertiary/aromatic N) is 5. The van der Waals surface area contributed by atoms with Crippen LogP contribution in [0.1, 0.15) is 12.4 Å². The van der Waals surface area contributed by atoms with Crippen molar-refractivity contribution in [3.63, 3.8) is 0 Å². The zero-order valence-corrected chi connectivity index (χ0v) is 10.4. The first-order valence-corrected chi connectivity index (χ1v) is 5.99. The first-order chi connectivity index (χ1) is 9.74. The lowest BCUT2D eigenvalue weighted by atomic mass is 10.2. The molecule has 2 heterocycles. The Morgan fingerprint density at radius 3 is 2.65 bits per heavy atom. The van der Waals surface area contributed by atoms with Crippen LogP contribution in [0.2, 0.25) is 0 Å². The molecule has 102 valence electrons. The molecule has 20 heavy (non-hydrogen) atoms. The van der Waals surface area contributed by atoms with E-state index in [-0.39, 0.29) is 12.4 Å². The summed E-state index contributed by atoms with van der Waals surface area (Å²) in [5, 5.41) is 4.26. The summed E-state index contributed by atoms with van der Waals surface area (Å²) >= 11 is 0. The molecule has 3 rings (SSSR count). The Hall–Kier alpha value is -2.57. The Morgan fingerprint density at radius 2 is 1.90 bits per heavy atom. The van der Waals surface area contributed by atoms with Crippen LogP contribution in [0, 0.1) is 0 Å². The predicted octanol–water partition coefficient (Wildman–Crippen LogP) is 2.58. The maximum atomic E-state index is 12.7. The van der Waals surface area contributed by atoms with Crippen molar-refractivity contribution in [2.45, 2.75) is 13.1 Å². The van der Waals surface area contributed by atoms with Crippen LogP contribution >= 0.6 is 0 Å². The second-order valence-electron chi connectivity index (χ2n) is 4.16. The fourth-order valence-electron chi connectivity index (χ4n) is 1.88. The van der Waals surface area contributed by atoms with Gasteiger partial charge in [-0.3, -0.25) is 4.57 Å². The fourth-order valence-corrected chi connectivity index (χ4v) is 1.88. The normalized spacial score (nSPS) is 11.2. The number of rotatable bonds is 4. The zero-order valence-electron chi connectivity index (χ0n) is 10.4. The van der Waals surface area contributed by atoms with Crippen molar-refractivity contribution in [1.82, 2.24) is 24.3 Å². The molecular formula is C13H11F2N5. The van der Waals surface area contributed by atoms with Gasteiger partial charge in [0.15, 0.2) is 5.82 Å². The van der Waals surface area contributed by atoms with Crippen LogP contribution in [0.4, 0.5) is 8.78 Å². The van der Waals surface area contributed by atoms with Crippen LogP contribution < -0.4 is 0 Å². The van der Waals surface area contributed by atoms with Crippen LogP contribution in [0.25, 0.3) is 11.4 Å². The Morgan fingerprint density at radius 1 is 1.10 bits per heavy atom. The molecule has 0 aliphatic carbocycles. The monoisotopic (exact) mass is 275 g/mol. The van der Waals surface area contributed by atoms with Crippen molar-refractivity contribution in [3.05, 3.63) is 54.9 Å². The largest absolute Gasteiger partial charge is 0.319 e. The maximum Gasteiger partial charge on any atom is 0.319 e. The first kappa shape index (κ1) is 12.5. The van der Waals surface area contributed by atoms with Gasteiger partial charge in [-0.2, -0.15) is 13.9 Å². The van der Waals surface area contributed by atoms with E-state index in [1.54, 1.807) is 0 Å². The van der Waals surface area contributed by atoms with Gasteiger partial charge in [-0.1, -0.05) is 30.3 Å². The van der Waals surface area contributed by atoms with E-state index in [4.69, 9.17) is 0 Å². The Balaban J connectivity index is 1.83. The summed E-state index contributed by atoms with van der Waals surface area (Å²) in [6.45, 7) is -2.46. The van der Waals surface area contributed by atoms with Gasteiger partial charge < -0.3 is 0 Å². The molecule has 1 aromatic carbocycles. The minimum absolute atomic E-state index is 0.150. The lowest BCUT2D eigenvalue weighted by Crippen LogP contribution is -2.09. The zero-order chi connectivity index (χ0) is 13.9. The molecule has 0 spiro atoms. The SMILES string of the molecule is FC(F)n1ccnc1Cn1cnc(-c2ccccc2)n1.